The van der Waals surface area contributed by atoms with Crippen LogP contribution in [0.2, 0.25) is 0 Å². The minimum absolute atomic E-state index is 0.0141. The summed E-state index contributed by atoms with van der Waals surface area (Å²) in [5, 5.41) is 2.97. The summed E-state index contributed by atoms with van der Waals surface area (Å²) in [5.41, 5.74) is 1.29. The Labute approximate surface area is 153 Å². The smallest absolute Gasteiger partial charge is 0.227 e. The molecule has 1 N–H and O–H groups in total. The second-order valence-electron chi connectivity index (χ2n) is 7.75. The largest absolute Gasteiger partial charge is 0.444 e. The molecule has 0 atom stereocenters. The van der Waals surface area contributed by atoms with Crippen molar-refractivity contribution >= 4 is 17.5 Å². The van der Waals surface area contributed by atoms with Crippen LogP contribution in [0.4, 0.5) is 5.69 Å². The first-order valence-corrected chi connectivity index (χ1v) is 8.94. The minimum Gasteiger partial charge on any atom is -0.444 e. The molecule has 6 heteroatoms. The van der Waals surface area contributed by atoms with Gasteiger partial charge in [-0.05, 0) is 37.1 Å². The van der Waals surface area contributed by atoms with Crippen LogP contribution in [0.15, 0.2) is 41.3 Å². The number of oxazole rings is 1. The number of hydrogen-bond donors (Lipinski definition) is 1. The normalized spacial score (nSPS) is 15.7. The van der Waals surface area contributed by atoms with Crippen molar-refractivity contribution in [2.45, 2.75) is 33.6 Å². The lowest BCUT2D eigenvalue weighted by Crippen LogP contribution is -2.45. The average molecular weight is 355 g/mol. The van der Waals surface area contributed by atoms with Gasteiger partial charge in [-0.15, -0.1) is 0 Å². The van der Waals surface area contributed by atoms with Crippen molar-refractivity contribution < 1.29 is 14.0 Å². The fraction of sp³-hybridized carbons (Fsp3) is 0.450. The zero-order chi connectivity index (χ0) is 18.7. The third-order valence-corrected chi connectivity index (χ3v) is 4.66. The van der Waals surface area contributed by atoms with Crippen molar-refractivity contribution in [1.82, 2.24) is 9.88 Å². The zero-order valence-electron chi connectivity index (χ0n) is 15.5. The third kappa shape index (κ3) is 4.12. The van der Waals surface area contributed by atoms with Gasteiger partial charge in [0.05, 0.1) is 6.20 Å². The molecular weight excluding hydrogens is 330 g/mol. The van der Waals surface area contributed by atoms with Crippen LogP contribution < -0.4 is 5.32 Å². The molecule has 2 aromatic rings. The topological polar surface area (TPSA) is 75.4 Å². The Morgan fingerprint density at radius 3 is 2.35 bits per heavy atom. The van der Waals surface area contributed by atoms with Crippen molar-refractivity contribution in [3.63, 3.8) is 0 Å². The van der Waals surface area contributed by atoms with Crippen LogP contribution in [0.3, 0.4) is 0 Å². The van der Waals surface area contributed by atoms with Gasteiger partial charge in [0.25, 0.3) is 0 Å². The summed E-state index contributed by atoms with van der Waals surface area (Å²) in [6.07, 6.45) is 4.44. The van der Waals surface area contributed by atoms with E-state index in [0.29, 0.717) is 31.7 Å². The van der Waals surface area contributed by atoms with Gasteiger partial charge >= 0.3 is 0 Å². The van der Waals surface area contributed by atoms with E-state index in [1.165, 1.54) is 6.39 Å². The van der Waals surface area contributed by atoms with Crippen LogP contribution >= 0.6 is 0 Å². The van der Waals surface area contributed by atoms with Gasteiger partial charge in [-0.3, -0.25) is 9.59 Å². The molecule has 0 radical (unpaired) electrons. The highest BCUT2D eigenvalue weighted by Gasteiger charge is 2.32. The molecule has 0 aliphatic carbocycles. The summed E-state index contributed by atoms with van der Waals surface area (Å²) >= 11 is 0. The Hall–Kier alpha value is -2.63. The molecule has 6 nitrogen and oxygen atoms in total. The van der Waals surface area contributed by atoms with Crippen LogP contribution in [0.5, 0.6) is 0 Å². The number of carbonyl (C=O) groups is 2. The summed E-state index contributed by atoms with van der Waals surface area (Å²) in [6.45, 7) is 7.06. The lowest BCUT2D eigenvalue weighted by Gasteiger charge is -2.35. The van der Waals surface area contributed by atoms with Gasteiger partial charge in [0, 0.05) is 35.7 Å². The van der Waals surface area contributed by atoms with Crippen molar-refractivity contribution in [1.29, 1.82) is 0 Å². The highest BCUT2D eigenvalue weighted by molar-refractivity contribution is 5.93. The Bertz CT molecular complexity index is 753. The first kappa shape index (κ1) is 18.2. The lowest BCUT2D eigenvalue weighted by molar-refractivity contribution is -0.142. The molecule has 2 amide bonds. The lowest BCUT2D eigenvalue weighted by atomic mass is 9.90. The predicted octanol–water partition coefficient (Wildman–Crippen LogP) is 3.56. The number of rotatable bonds is 3. The predicted molar refractivity (Wildman–Crippen MR) is 99.3 cm³/mol. The molecule has 0 saturated carbocycles. The van der Waals surface area contributed by atoms with E-state index in [1.54, 1.807) is 6.20 Å². The first-order chi connectivity index (χ1) is 12.3. The molecule has 1 aliphatic rings. The van der Waals surface area contributed by atoms with Crippen LogP contribution in [0, 0.1) is 11.3 Å². The van der Waals surface area contributed by atoms with Gasteiger partial charge in [-0.25, -0.2) is 4.98 Å². The second kappa shape index (κ2) is 7.32. The van der Waals surface area contributed by atoms with Crippen molar-refractivity contribution in [2.24, 2.45) is 11.3 Å². The SMILES string of the molecule is CC(C)(C)C(=O)N1CCC(C(=O)Nc2ccc(-c3cnco3)cc2)CC1. The molecule has 26 heavy (non-hydrogen) atoms. The van der Waals surface area contributed by atoms with E-state index in [9.17, 15) is 9.59 Å². The third-order valence-electron chi connectivity index (χ3n) is 4.66. The maximum Gasteiger partial charge on any atom is 0.227 e. The van der Waals surface area contributed by atoms with Crippen LogP contribution in [-0.4, -0.2) is 34.8 Å². The van der Waals surface area contributed by atoms with Gasteiger partial charge in [0.1, 0.15) is 0 Å². The van der Waals surface area contributed by atoms with Crippen LogP contribution in [0.25, 0.3) is 11.3 Å². The Morgan fingerprint density at radius 2 is 1.81 bits per heavy atom. The molecule has 1 saturated heterocycles. The van der Waals surface area contributed by atoms with E-state index in [4.69, 9.17) is 4.42 Å². The van der Waals surface area contributed by atoms with Crippen molar-refractivity contribution in [3.8, 4) is 11.3 Å². The van der Waals surface area contributed by atoms with Crippen molar-refractivity contribution in [2.75, 3.05) is 18.4 Å². The number of benzene rings is 1. The minimum atomic E-state index is -0.375. The summed E-state index contributed by atoms with van der Waals surface area (Å²) in [7, 11) is 0. The highest BCUT2D eigenvalue weighted by atomic mass is 16.3. The molecular formula is C20H25N3O3. The fourth-order valence-corrected chi connectivity index (χ4v) is 3.14. The van der Waals surface area contributed by atoms with E-state index in [1.807, 2.05) is 49.9 Å². The summed E-state index contributed by atoms with van der Waals surface area (Å²) in [5.74, 6) is 0.798. The molecule has 1 aromatic carbocycles. The Balaban J connectivity index is 1.54. The van der Waals surface area contributed by atoms with Gasteiger partial charge < -0.3 is 14.6 Å². The van der Waals surface area contributed by atoms with E-state index in [0.717, 1.165) is 11.3 Å². The number of hydrogen-bond acceptors (Lipinski definition) is 4. The molecule has 0 bridgehead atoms. The number of nitrogens with one attached hydrogen (secondary N) is 1. The molecule has 0 unspecified atom stereocenters. The summed E-state index contributed by atoms with van der Waals surface area (Å²) < 4.78 is 5.26. The number of piperidine rings is 1. The van der Waals surface area contributed by atoms with E-state index in [2.05, 4.69) is 10.3 Å². The Kier molecular flexibility index (Phi) is 5.11. The monoisotopic (exact) mass is 355 g/mol. The summed E-state index contributed by atoms with van der Waals surface area (Å²) in [6, 6.07) is 7.49. The number of amides is 2. The quantitative estimate of drug-likeness (QED) is 0.913. The maximum absolute atomic E-state index is 12.5. The highest BCUT2D eigenvalue weighted by Crippen LogP contribution is 2.25. The molecule has 2 heterocycles. The van der Waals surface area contributed by atoms with E-state index >= 15 is 0 Å². The van der Waals surface area contributed by atoms with Gasteiger partial charge in [-0.2, -0.15) is 0 Å². The number of anilines is 1. The number of nitrogens with zero attached hydrogens (tertiary/aromatic N) is 2. The second-order valence-corrected chi connectivity index (χ2v) is 7.75. The molecule has 0 spiro atoms. The fourth-order valence-electron chi connectivity index (χ4n) is 3.14. The summed E-state index contributed by atoms with van der Waals surface area (Å²) in [4.78, 5) is 30.6. The van der Waals surface area contributed by atoms with Gasteiger partial charge in [0.15, 0.2) is 12.2 Å². The molecule has 138 valence electrons. The number of aromatic nitrogens is 1. The van der Waals surface area contributed by atoms with Gasteiger partial charge in [0.2, 0.25) is 11.8 Å². The molecule has 3 rings (SSSR count). The number of carbonyl (C=O) groups excluding carboxylic acids is 2. The van der Waals surface area contributed by atoms with E-state index in [-0.39, 0.29) is 23.1 Å². The maximum atomic E-state index is 12.5. The number of likely N-dealkylation sites (tertiary alicyclic amines) is 1. The molecule has 1 aliphatic heterocycles. The van der Waals surface area contributed by atoms with Crippen LogP contribution in [0.1, 0.15) is 33.6 Å². The zero-order valence-corrected chi connectivity index (χ0v) is 15.5. The van der Waals surface area contributed by atoms with Gasteiger partial charge in [-0.1, -0.05) is 20.8 Å². The molecule has 1 aromatic heterocycles. The standard InChI is InChI=1S/C20H25N3O3/c1-20(2,3)19(25)23-10-8-15(9-11-23)18(24)22-16-6-4-14(5-7-16)17-12-21-13-26-17/h4-7,12-13,15H,8-11H2,1-3H3,(H,22,24). The van der Waals surface area contributed by atoms with E-state index < -0.39 is 0 Å². The average Bonchev–Trinajstić information content (AvgIpc) is 3.16. The van der Waals surface area contributed by atoms with Crippen molar-refractivity contribution in [3.05, 3.63) is 36.9 Å². The first-order valence-electron chi connectivity index (χ1n) is 8.94. The van der Waals surface area contributed by atoms with Crippen LogP contribution in [-0.2, 0) is 9.59 Å². The Morgan fingerprint density at radius 1 is 1.15 bits per heavy atom. The molecule has 1 fully saturated rings.